The van der Waals surface area contributed by atoms with Crippen LogP contribution >= 0.6 is 15.2 Å². The van der Waals surface area contributed by atoms with Crippen LogP contribution in [-0.4, -0.2) is 30.0 Å². The molecule has 0 spiro atoms. The molecule has 2 aromatic rings. The Kier molecular flexibility index (Phi) is 3.95. The number of H-pyrrole nitrogens is 1. The third-order valence-corrected chi connectivity index (χ3v) is 6.91. The van der Waals surface area contributed by atoms with Gasteiger partial charge in [-0.05, 0) is 18.6 Å². The van der Waals surface area contributed by atoms with Crippen LogP contribution in [0.3, 0.4) is 0 Å². The van der Waals surface area contributed by atoms with Crippen molar-refractivity contribution < 1.29 is 28.7 Å². The zero-order valence-electron chi connectivity index (χ0n) is 10.6. The Labute approximate surface area is 115 Å². The van der Waals surface area contributed by atoms with Gasteiger partial charge in [0.1, 0.15) is 0 Å². The summed E-state index contributed by atoms with van der Waals surface area (Å²) < 4.78 is 22.7. The number of rotatable bonds is 4. The largest absolute Gasteiger partial charge is 0.358 e. The van der Waals surface area contributed by atoms with Crippen LogP contribution in [0.2, 0.25) is 0 Å². The van der Waals surface area contributed by atoms with Gasteiger partial charge < -0.3 is 24.6 Å². The van der Waals surface area contributed by atoms with E-state index in [1.807, 2.05) is 0 Å². The van der Waals surface area contributed by atoms with E-state index in [0.717, 1.165) is 5.52 Å². The second-order valence-electron chi connectivity index (χ2n) is 4.64. The topological polar surface area (TPSA) is 131 Å². The van der Waals surface area contributed by atoms with Gasteiger partial charge in [0.15, 0.2) is 5.40 Å². The number of para-hydroxylation sites is 1. The van der Waals surface area contributed by atoms with Gasteiger partial charge in [-0.15, -0.1) is 0 Å². The number of aromatic nitrogens is 1. The van der Waals surface area contributed by atoms with Gasteiger partial charge in [0, 0.05) is 23.0 Å². The van der Waals surface area contributed by atoms with E-state index < -0.39 is 20.6 Å². The molecule has 0 aliphatic heterocycles. The van der Waals surface area contributed by atoms with Crippen molar-refractivity contribution >= 4 is 26.1 Å². The molecule has 0 aliphatic rings. The quantitative estimate of drug-likeness (QED) is 0.545. The summed E-state index contributed by atoms with van der Waals surface area (Å²) >= 11 is 0. The van der Waals surface area contributed by atoms with Crippen molar-refractivity contribution in [2.45, 2.75) is 18.7 Å². The van der Waals surface area contributed by atoms with Gasteiger partial charge in [0.25, 0.3) is 0 Å². The van der Waals surface area contributed by atoms with E-state index >= 15 is 0 Å². The molecule has 0 unspecified atom stereocenters. The second kappa shape index (κ2) is 5.11. The first kappa shape index (κ1) is 15.4. The van der Waals surface area contributed by atoms with Crippen molar-refractivity contribution in [1.29, 1.82) is 0 Å². The van der Waals surface area contributed by atoms with Crippen molar-refractivity contribution in [2.75, 3.05) is 0 Å². The highest BCUT2D eigenvalue weighted by Gasteiger charge is 2.43. The Hall–Kier alpha value is -0.940. The predicted octanol–water partition coefficient (Wildman–Crippen LogP) is 1.70. The average molecular weight is 319 g/mol. The molecule has 0 atom stereocenters. The van der Waals surface area contributed by atoms with E-state index in [-0.39, 0.29) is 6.42 Å². The first-order chi connectivity index (χ1) is 9.10. The van der Waals surface area contributed by atoms with Crippen molar-refractivity contribution in [2.24, 2.45) is 0 Å². The predicted molar refractivity (Wildman–Crippen MR) is 74.6 cm³/mol. The molecule has 0 radical (unpaired) electrons. The van der Waals surface area contributed by atoms with Gasteiger partial charge in [0.05, 0.1) is 0 Å². The van der Waals surface area contributed by atoms with Gasteiger partial charge in [-0.1, -0.05) is 18.2 Å². The number of fused-ring (bicyclic) bond motifs is 1. The van der Waals surface area contributed by atoms with E-state index in [1.54, 1.807) is 31.2 Å². The molecule has 1 heterocycles. The van der Waals surface area contributed by atoms with Crippen LogP contribution in [-0.2, 0) is 15.6 Å². The molecular formula is C11H15NO6P2. The highest BCUT2D eigenvalue weighted by atomic mass is 31.2. The normalized spacial score (nSPS) is 13.3. The molecule has 7 nitrogen and oxygen atoms in total. The highest BCUT2D eigenvalue weighted by molar-refractivity contribution is 7.70. The van der Waals surface area contributed by atoms with Gasteiger partial charge in [0.2, 0.25) is 0 Å². The summed E-state index contributed by atoms with van der Waals surface area (Å²) in [6.45, 7) is 1.70. The van der Waals surface area contributed by atoms with Crippen molar-refractivity contribution in [3.05, 3.63) is 35.5 Å². The zero-order valence-corrected chi connectivity index (χ0v) is 12.4. The van der Waals surface area contributed by atoms with Crippen LogP contribution in [0, 0.1) is 6.92 Å². The molecule has 110 valence electrons. The minimum Gasteiger partial charge on any atom is -0.358 e. The molecule has 0 fully saturated rings. The molecule has 0 aliphatic carbocycles. The van der Waals surface area contributed by atoms with Crippen LogP contribution < -0.4 is 0 Å². The van der Waals surface area contributed by atoms with Gasteiger partial charge in [-0.2, -0.15) is 0 Å². The lowest BCUT2D eigenvalue weighted by molar-refractivity contribution is 0.338. The highest BCUT2D eigenvalue weighted by Crippen LogP contribution is 2.61. The Morgan fingerprint density at radius 1 is 1.10 bits per heavy atom. The maximum absolute atomic E-state index is 11.3. The minimum atomic E-state index is -4.91. The Morgan fingerprint density at radius 3 is 2.20 bits per heavy atom. The molecule has 5 N–H and O–H groups in total. The fourth-order valence-electron chi connectivity index (χ4n) is 2.21. The van der Waals surface area contributed by atoms with Gasteiger partial charge in [-0.25, -0.2) is 0 Å². The number of hydrogen-bond donors (Lipinski definition) is 5. The third kappa shape index (κ3) is 3.04. The summed E-state index contributed by atoms with van der Waals surface area (Å²) in [5.74, 6) is 0. The lowest BCUT2D eigenvalue weighted by Crippen LogP contribution is -2.13. The van der Waals surface area contributed by atoms with Gasteiger partial charge >= 0.3 is 15.2 Å². The summed E-state index contributed by atoms with van der Waals surface area (Å²) in [4.78, 5) is 39.8. The van der Waals surface area contributed by atoms with Gasteiger partial charge in [-0.3, -0.25) is 9.13 Å². The number of aromatic amines is 1. The smallest absolute Gasteiger partial charge is 0.341 e. The maximum Gasteiger partial charge on any atom is 0.341 e. The molecule has 2 rings (SSSR count). The fraction of sp³-hybridized carbons (Fsp3) is 0.273. The third-order valence-electron chi connectivity index (χ3n) is 3.19. The van der Waals surface area contributed by atoms with Crippen molar-refractivity contribution in [3.8, 4) is 0 Å². The second-order valence-corrected chi connectivity index (χ2v) is 8.65. The molecule has 1 aromatic heterocycles. The monoisotopic (exact) mass is 319 g/mol. The van der Waals surface area contributed by atoms with E-state index in [2.05, 4.69) is 4.98 Å². The molecule has 20 heavy (non-hydrogen) atoms. The molecule has 0 amide bonds. The van der Waals surface area contributed by atoms with Crippen LogP contribution in [0.1, 0.15) is 11.3 Å². The fourth-order valence-corrected chi connectivity index (χ4v) is 4.62. The number of aryl methyl sites for hydroxylation is 1. The molecular weight excluding hydrogens is 304 g/mol. The zero-order chi connectivity index (χ0) is 15.1. The van der Waals surface area contributed by atoms with Crippen LogP contribution in [0.15, 0.2) is 24.3 Å². The summed E-state index contributed by atoms with van der Waals surface area (Å²) in [6.07, 6.45) is -0.385. The SMILES string of the molecule is Cc1[nH]c2ccccc2c1CC(P(=O)(O)O)P(=O)(O)O. The Bertz CT molecular complexity index is 706. The molecule has 0 bridgehead atoms. The number of hydrogen-bond acceptors (Lipinski definition) is 2. The summed E-state index contributed by atoms with van der Waals surface area (Å²) in [6, 6.07) is 7.08. The summed E-state index contributed by atoms with van der Waals surface area (Å²) in [5.41, 5.74) is 1.91. The minimum absolute atomic E-state index is 0.385. The first-order valence-corrected chi connectivity index (χ1v) is 9.13. The van der Waals surface area contributed by atoms with E-state index in [9.17, 15) is 28.7 Å². The van der Waals surface area contributed by atoms with E-state index in [0.29, 0.717) is 16.6 Å². The first-order valence-electron chi connectivity index (χ1n) is 5.77. The number of benzene rings is 1. The average Bonchev–Trinajstić information content (AvgIpc) is 2.58. The van der Waals surface area contributed by atoms with Crippen molar-refractivity contribution in [3.63, 3.8) is 0 Å². The molecule has 0 saturated carbocycles. The number of nitrogens with one attached hydrogen (secondary N) is 1. The standard InChI is InChI=1S/C11H15NO6P2/c1-7-9(8-4-2-3-5-10(8)12-7)6-11(19(13,14)15)20(16,17)18/h2-5,11-12H,6H2,1H3,(H2,13,14,15)(H2,16,17,18). The molecule has 9 heteroatoms. The summed E-state index contributed by atoms with van der Waals surface area (Å²) in [5, 5.41) is -1.31. The van der Waals surface area contributed by atoms with Crippen LogP contribution in [0.4, 0.5) is 0 Å². The molecule has 1 aromatic carbocycles. The lowest BCUT2D eigenvalue weighted by atomic mass is 10.1. The van der Waals surface area contributed by atoms with E-state index in [1.165, 1.54) is 0 Å². The lowest BCUT2D eigenvalue weighted by Gasteiger charge is -2.19. The Morgan fingerprint density at radius 2 is 1.65 bits per heavy atom. The van der Waals surface area contributed by atoms with Crippen molar-refractivity contribution in [1.82, 2.24) is 4.98 Å². The van der Waals surface area contributed by atoms with Crippen LogP contribution in [0.5, 0.6) is 0 Å². The Balaban J connectivity index is 2.52. The molecule has 0 saturated heterocycles. The summed E-state index contributed by atoms with van der Waals surface area (Å²) in [7, 11) is -9.83. The van der Waals surface area contributed by atoms with Crippen LogP contribution in [0.25, 0.3) is 10.9 Å². The maximum atomic E-state index is 11.3. The van der Waals surface area contributed by atoms with E-state index in [4.69, 9.17) is 0 Å².